The van der Waals surface area contributed by atoms with Crippen molar-refractivity contribution in [2.24, 2.45) is 0 Å². The van der Waals surface area contributed by atoms with Gasteiger partial charge in [0.25, 0.3) is 5.91 Å². The average Bonchev–Trinajstić information content (AvgIpc) is 3.48. The molecule has 3 heterocycles. The zero-order valence-corrected chi connectivity index (χ0v) is 20.3. The van der Waals surface area contributed by atoms with Crippen molar-refractivity contribution < 1.29 is 23.4 Å². The van der Waals surface area contributed by atoms with Gasteiger partial charge in [0.05, 0.1) is 10.0 Å². The largest absolute Gasteiger partial charge is 0.483 e. The molecule has 0 spiro atoms. The molecule has 10 heteroatoms. The van der Waals surface area contributed by atoms with Crippen LogP contribution in [0.15, 0.2) is 46.9 Å². The van der Waals surface area contributed by atoms with Gasteiger partial charge in [-0.1, -0.05) is 40.9 Å². The smallest absolute Gasteiger partial charge is 0.289 e. The number of hydrogen-bond acceptors (Lipinski definition) is 6. The zero-order valence-electron chi connectivity index (χ0n) is 18.1. The number of carbonyl (C=O) groups excluding carboxylic acids is 1. The normalized spacial score (nSPS) is 15.6. The number of hydrogen-bond donors (Lipinski definition) is 0. The number of piperazine rings is 1. The van der Waals surface area contributed by atoms with Gasteiger partial charge in [-0.25, -0.2) is 0 Å². The lowest BCUT2D eigenvalue weighted by Gasteiger charge is -2.34. The zero-order chi connectivity index (χ0) is 23.7. The highest BCUT2D eigenvalue weighted by atomic mass is 35.5. The SMILES string of the molecule is O=C(c1ccc(COc2c(Cl)cc(Cl)cc2Cl)o1)N1CCN(Cc2ccc3c(c2)OCO3)CC1. The fourth-order valence-electron chi connectivity index (χ4n) is 3.94. The Morgan fingerprint density at radius 3 is 2.41 bits per heavy atom. The summed E-state index contributed by atoms with van der Waals surface area (Å²) in [5, 5.41) is 1.03. The Kier molecular flexibility index (Phi) is 6.79. The molecule has 0 unspecified atom stereocenters. The topological polar surface area (TPSA) is 64.4 Å². The molecule has 0 N–H and O–H groups in total. The third kappa shape index (κ3) is 5.08. The van der Waals surface area contributed by atoms with Gasteiger partial charge in [-0.05, 0) is 42.0 Å². The highest BCUT2D eigenvalue weighted by Crippen LogP contribution is 2.36. The molecule has 1 amide bonds. The second-order valence-electron chi connectivity index (χ2n) is 8.01. The molecule has 2 aliphatic rings. The van der Waals surface area contributed by atoms with Crippen molar-refractivity contribution in [3.63, 3.8) is 0 Å². The number of benzene rings is 2. The van der Waals surface area contributed by atoms with Crippen molar-refractivity contribution in [3.05, 3.63) is 74.6 Å². The Hall–Kier alpha value is -2.58. The molecule has 34 heavy (non-hydrogen) atoms. The summed E-state index contributed by atoms with van der Waals surface area (Å²) in [7, 11) is 0. The number of amides is 1. The highest BCUT2D eigenvalue weighted by Gasteiger charge is 2.25. The molecule has 0 bridgehead atoms. The van der Waals surface area contributed by atoms with Crippen LogP contribution in [0.5, 0.6) is 17.2 Å². The van der Waals surface area contributed by atoms with Gasteiger partial charge in [0.15, 0.2) is 23.0 Å². The number of ether oxygens (including phenoxy) is 3. The quantitative estimate of drug-likeness (QED) is 0.425. The predicted molar refractivity (Wildman–Crippen MR) is 128 cm³/mol. The Balaban J connectivity index is 1.13. The van der Waals surface area contributed by atoms with Gasteiger partial charge in [-0.2, -0.15) is 0 Å². The summed E-state index contributed by atoms with van der Waals surface area (Å²) in [5.41, 5.74) is 1.15. The molecule has 1 aromatic heterocycles. The minimum Gasteiger partial charge on any atom is -0.483 e. The monoisotopic (exact) mass is 522 g/mol. The number of fused-ring (bicyclic) bond motifs is 1. The van der Waals surface area contributed by atoms with Crippen molar-refractivity contribution in [3.8, 4) is 17.2 Å². The molecule has 0 saturated carbocycles. The Bertz CT molecular complexity index is 1180. The van der Waals surface area contributed by atoms with E-state index in [9.17, 15) is 4.79 Å². The predicted octanol–water partition coefficient (Wildman–Crippen LogP) is 5.51. The van der Waals surface area contributed by atoms with E-state index >= 15 is 0 Å². The van der Waals surface area contributed by atoms with Crippen LogP contribution in [0.2, 0.25) is 15.1 Å². The summed E-state index contributed by atoms with van der Waals surface area (Å²) in [6.45, 7) is 3.91. The van der Waals surface area contributed by atoms with Crippen LogP contribution in [0.25, 0.3) is 0 Å². The van der Waals surface area contributed by atoms with Crippen LogP contribution in [-0.2, 0) is 13.2 Å². The van der Waals surface area contributed by atoms with Gasteiger partial charge in [0, 0.05) is 37.7 Å². The third-order valence-electron chi connectivity index (χ3n) is 5.70. The first-order valence-electron chi connectivity index (χ1n) is 10.7. The van der Waals surface area contributed by atoms with E-state index in [1.807, 2.05) is 18.2 Å². The second-order valence-corrected chi connectivity index (χ2v) is 9.26. The third-order valence-corrected chi connectivity index (χ3v) is 6.48. The highest BCUT2D eigenvalue weighted by molar-refractivity contribution is 6.40. The first-order chi connectivity index (χ1) is 16.5. The first-order valence-corrected chi connectivity index (χ1v) is 11.9. The molecule has 2 aliphatic heterocycles. The van der Waals surface area contributed by atoms with E-state index in [2.05, 4.69) is 4.90 Å². The van der Waals surface area contributed by atoms with Crippen LogP contribution in [0.1, 0.15) is 21.9 Å². The molecule has 2 aromatic carbocycles. The van der Waals surface area contributed by atoms with E-state index in [1.54, 1.807) is 29.2 Å². The fourth-order valence-corrected chi connectivity index (χ4v) is 4.87. The van der Waals surface area contributed by atoms with Crippen molar-refractivity contribution in [1.29, 1.82) is 0 Å². The van der Waals surface area contributed by atoms with E-state index in [1.165, 1.54) is 0 Å². The van der Waals surface area contributed by atoms with Crippen LogP contribution in [-0.4, -0.2) is 48.7 Å². The van der Waals surface area contributed by atoms with Gasteiger partial charge in [0.1, 0.15) is 12.4 Å². The molecule has 7 nitrogen and oxygen atoms in total. The average molecular weight is 524 g/mol. The molecule has 1 saturated heterocycles. The summed E-state index contributed by atoms with van der Waals surface area (Å²) in [6.07, 6.45) is 0. The van der Waals surface area contributed by atoms with Crippen molar-refractivity contribution in [2.75, 3.05) is 33.0 Å². The van der Waals surface area contributed by atoms with Gasteiger partial charge in [0.2, 0.25) is 6.79 Å². The minimum absolute atomic E-state index is 0.0810. The van der Waals surface area contributed by atoms with Crippen LogP contribution in [0.4, 0.5) is 0 Å². The maximum Gasteiger partial charge on any atom is 0.289 e. The second kappa shape index (κ2) is 9.96. The van der Waals surface area contributed by atoms with Crippen molar-refractivity contribution in [2.45, 2.75) is 13.2 Å². The van der Waals surface area contributed by atoms with Crippen molar-refractivity contribution >= 4 is 40.7 Å². The number of halogens is 3. The molecule has 3 aromatic rings. The fraction of sp³-hybridized carbons (Fsp3) is 0.292. The van der Waals surface area contributed by atoms with E-state index < -0.39 is 0 Å². The molecule has 1 fully saturated rings. The summed E-state index contributed by atoms with van der Waals surface area (Å²) in [5.74, 6) is 2.50. The lowest BCUT2D eigenvalue weighted by atomic mass is 10.1. The Morgan fingerprint density at radius 2 is 1.65 bits per heavy atom. The van der Waals surface area contributed by atoms with Gasteiger partial charge >= 0.3 is 0 Å². The van der Waals surface area contributed by atoms with E-state index in [0.29, 0.717) is 39.7 Å². The van der Waals surface area contributed by atoms with Crippen LogP contribution < -0.4 is 14.2 Å². The molecular formula is C24H21Cl3N2O5. The lowest BCUT2D eigenvalue weighted by molar-refractivity contribution is 0.0594. The number of furan rings is 1. The van der Waals surface area contributed by atoms with E-state index in [0.717, 1.165) is 36.7 Å². The molecule has 178 valence electrons. The maximum absolute atomic E-state index is 12.9. The standard InChI is InChI=1S/C24H21Cl3N2O5/c25-16-10-18(26)23(19(27)11-16)31-13-17-2-4-21(34-17)24(30)29-7-5-28(6-8-29)12-15-1-3-20-22(9-15)33-14-32-20/h1-4,9-11H,5-8,12-14H2. The van der Waals surface area contributed by atoms with E-state index in [4.69, 9.17) is 53.4 Å². The van der Waals surface area contributed by atoms with Gasteiger partial charge in [-0.15, -0.1) is 0 Å². The number of rotatable bonds is 6. The molecule has 0 aliphatic carbocycles. The summed E-state index contributed by atoms with van der Waals surface area (Å²) >= 11 is 18.2. The number of nitrogens with zero attached hydrogens (tertiary/aromatic N) is 2. The van der Waals surface area contributed by atoms with Crippen LogP contribution in [0, 0.1) is 0 Å². The molecule has 0 radical (unpaired) electrons. The summed E-state index contributed by atoms with van der Waals surface area (Å²) < 4.78 is 22.2. The Morgan fingerprint density at radius 1 is 0.912 bits per heavy atom. The van der Waals surface area contributed by atoms with Crippen LogP contribution in [0.3, 0.4) is 0 Å². The number of carbonyl (C=O) groups is 1. The van der Waals surface area contributed by atoms with Gasteiger partial charge in [-0.3, -0.25) is 9.69 Å². The first kappa shape index (κ1) is 23.2. The Labute approximate surface area is 211 Å². The van der Waals surface area contributed by atoms with Crippen molar-refractivity contribution in [1.82, 2.24) is 9.80 Å². The summed E-state index contributed by atoms with van der Waals surface area (Å²) in [6, 6.07) is 12.5. The maximum atomic E-state index is 12.9. The molecule has 5 rings (SSSR count). The van der Waals surface area contributed by atoms with Gasteiger partial charge < -0.3 is 23.5 Å². The van der Waals surface area contributed by atoms with Crippen LogP contribution >= 0.6 is 34.8 Å². The summed E-state index contributed by atoms with van der Waals surface area (Å²) in [4.78, 5) is 17.0. The minimum atomic E-state index is -0.142. The molecule has 0 atom stereocenters. The molecular weight excluding hydrogens is 503 g/mol. The lowest BCUT2D eigenvalue weighted by Crippen LogP contribution is -2.48. The van der Waals surface area contributed by atoms with E-state index in [-0.39, 0.29) is 25.1 Å².